The number of para-hydroxylation sites is 3. The van der Waals surface area contributed by atoms with Gasteiger partial charge in [0.05, 0.1) is 22.4 Å². The maximum Gasteiger partial charge on any atom is 0.121 e. The Morgan fingerprint density at radius 3 is 2.25 bits per heavy atom. The van der Waals surface area contributed by atoms with E-state index in [9.17, 15) is 0 Å². The number of imidazole rings is 1. The SMILES string of the molecule is Cc1cccc(C)c1-n1c(-c2[c-]cccc2)nc2ccccc21.[2H]C([2H])([2H])c1cnc(-c2[c-]ccc3c2oc2cc(-c4ccccc4)ccc23)cc1C([2H])([2H])C(C)(C)C.[Ir]. The van der Waals surface area contributed by atoms with Crippen LogP contribution in [0, 0.1) is 38.2 Å². The number of hydrogen-bond donors (Lipinski definition) is 0. The van der Waals surface area contributed by atoms with Gasteiger partial charge >= 0.3 is 0 Å². The largest absolute Gasteiger partial charge is 0.501 e. The maximum atomic E-state index is 8.81. The van der Waals surface area contributed by atoms with Crippen molar-refractivity contribution in [1.29, 1.82) is 0 Å². The molecule has 0 atom stereocenters. The van der Waals surface area contributed by atoms with Crippen molar-refractivity contribution in [3.63, 3.8) is 0 Å². The van der Waals surface area contributed by atoms with Crippen molar-refractivity contribution in [3.05, 3.63) is 174 Å². The van der Waals surface area contributed by atoms with Gasteiger partial charge in [0.15, 0.2) is 0 Å². The summed E-state index contributed by atoms with van der Waals surface area (Å²) in [4.78, 5) is 9.31. The summed E-state index contributed by atoms with van der Waals surface area (Å²) >= 11 is 0. The summed E-state index contributed by atoms with van der Waals surface area (Å²) < 4.78 is 50.1. The molecule has 0 saturated heterocycles. The van der Waals surface area contributed by atoms with Gasteiger partial charge in [0.1, 0.15) is 5.58 Å². The van der Waals surface area contributed by atoms with Crippen molar-refractivity contribution >= 4 is 33.0 Å². The third-order valence-corrected chi connectivity index (χ3v) is 9.38. The van der Waals surface area contributed by atoms with Crippen molar-refractivity contribution in [3.8, 4) is 39.5 Å². The molecule has 0 aliphatic heterocycles. The first-order valence-electron chi connectivity index (χ1n) is 20.6. The summed E-state index contributed by atoms with van der Waals surface area (Å²) in [5.41, 5.74) is 10.4. The molecule has 4 nitrogen and oxygen atoms in total. The Balaban J connectivity index is 0.000000195. The predicted octanol–water partition coefficient (Wildman–Crippen LogP) is 13.1. The quantitative estimate of drug-likeness (QED) is 0.162. The molecule has 55 heavy (non-hydrogen) atoms. The molecule has 0 N–H and O–H groups in total. The molecule has 0 unspecified atom stereocenters. The van der Waals surface area contributed by atoms with Crippen molar-refractivity contribution in [2.75, 3.05) is 0 Å². The number of rotatable bonds is 5. The van der Waals surface area contributed by atoms with Gasteiger partial charge in [-0.3, -0.25) is 4.98 Å². The number of nitrogens with zero attached hydrogens (tertiary/aromatic N) is 3. The summed E-state index contributed by atoms with van der Waals surface area (Å²) in [6, 6.07) is 50.6. The van der Waals surface area contributed by atoms with Gasteiger partial charge in [0.25, 0.3) is 0 Å². The van der Waals surface area contributed by atoms with Crippen LogP contribution in [0.1, 0.15) is 49.9 Å². The first-order chi connectivity index (χ1) is 28.1. The van der Waals surface area contributed by atoms with E-state index in [1.54, 1.807) is 32.9 Å². The average molecular weight is 899 g/mol. The Hall–Kier alpha value is -5.61. The fourth-order valence-corrected chi connectivity index (χ4v) is 6.97. The molecule has 0 aliphatic carbocycles. The molecule has 9 rings (SSSR count). The molecule has 3 heterocycles. The Bertz CT molecular complexity index is 2950. The molecule has 6 aromatic carbocycles. The van der Waals surface area contributed by atoms with Crippen molar-refractivity contribution in [1.82, 2.24) is 14.5 Å². The topological polar surface area (TPSA) is 43.9 Å². The zero-order chi connectivity index (χ0) is 41.7. The van der Waals surface area contributed by atoms with Gasteiger partial charge in [-0.1, -0.05) is 116 Å². The van der Waals surface area contributed by atoms with E-state index in [0.29, 0.717) is 16.8 Å². The van der Waals surface area contributed by atoms with Crippen LogP contribution in [0.3, 0.4) is 0 Å². The normalized spacial score (nSPS) is 13.2. The fraction of sp³-hybridized carbons (Fsp3) is 0.160. The monoisotopic (exact) mass is 899 g/mol. The van der Waals surface area contributed by atoms with E-state index in [1.165, 1.54) is 23.0 Å². The number of benzene rings is 6. The van der Waals surface area contributed by atoms with E-state index in [0.717, 1.165) is 49.9 Å². The molecule has 9 aromatic rings. The molecule has 1 radical (unpaired) electrons. The number of aryl methyl sites for hydroxylation is 3. The van der Waals surface area contributed by atoms with Crippen LogP contribution in [-0.2, 0) is 26.5 Å². The predicted molar refractivity (Wildman–Crippen MR) is 224 cm³/mol. The van der Waals surface area contributed by atoms with Crippen molar-refractivity contribution in [2.45, 2.75) is 47.8 Å². The van der Waals surface area contributed by atoms with Crippen LogP contribution < -0.4 is 0 Å². The minimum absolute atomic E-state index is 0. The van der Waals surface area contributed by atoms with Crippen LogP contribution in [0.2, 0.25) is 0 Å². The van der Waals surface area contributed by atoms with E-state index >= 15 is 0 Å². The van der Waals surface area contributed by atoms with Crippen molar-refractivity contribution in [2.24, 2.45) is 5.41 Å². The molecule has 0 fully saturated rings. The minimum Gasteiger partial charge on any atom is -0.501 e. The van der Waals surface area contributed by atoms with E-state index in [1.807, 2.05) is 72.8 Å². The van der Waals surface area contributed by atoms with Crippen LogP contribution >= 0.6 is 0 Å². The van der Waals surface area contributed by atoms with E-state index in [-0.39, 0.29) is 31.2 Å². The summed E-state index contributed by atoms with van der Waals surface area (Å²) in [6.07, 6.45) is -0.648. The minimum atomic E-state index is -2.50. The molecule has 5 heteroatoms. The summed E-state index contributed by atoms with van der Waals surface area (Å²) in [5.74, 6) is 0.934. The molecular weight excluding hydrogens is 851 g/mol. The number of fused-ring (bicyclic) bond motifs is 4. The Kier molecular flexibility index (Phi) is 9.01. The van der Waals surface area contributed by atoms with Crippen LogP contribution in [0.5, 0.6) is 0 Å². The second-order valence-corrected chi connectivity index (χ2v) is 14.5. The fourth-order valence-electron chi connectivity index (χ4n) is 6.97. The van der Waals surface area contributed by atoms with E-state index in [2.05, 4.69) is 84.1 Å². The maximum absolute atomic E-state index is 8.81. The van der Waals surface area contributed by atoms with E-state index in [4.69, 9.17) is 16.3 Å². The first-order valence-corrected chi connectivity index (χ1v) is 18.1. The number of pyridine rings is 1. The molecule has 0 amide bonds. The second-order valence-electron chi connectivity index (χ2n) is 14.5. The van der Waals surface area contributed by atoms with Crippen LogP contribution in [0.25, 0.3) is 72.4 Å². The molecule has 275 valence electrons. The zero-order valence-electron chi connectivity index (χ0n) is 36.4. The third kappa shape index (κ3) is 7.69. The second kappa shape index (κ2) is 15.6. The van der Waals surface area contributed by atoms with Gasteiger partial charge in [-0.05, 0) is 84.2 Å². The van der Waals surface area contributed by atoms with Gasteiger partial charge in [-0.15, -0.1) is 54.1 Å². The van der Waals surface area contributed by atoms with Gasteiger partial charge < -0.3 is 14.0 Å². The number of aromatic nitrogens is 3. The summed E-state index contributed by atoms with van der Waals surface area (Å²) in [5, 5.41) is 1.84. The van der Waals surface area contributed by atoms with Crippen LogP contribution in [0.4, 0.5) is 0 Å². The van der Waals surface area contributed by atoms with Gasteiger partial charge in [0.2, 0.25) is 0 Å². The average Bonchev–Trinajstić information content (AvgIpc) is 3.79. The smallest absolute Gasteiger partial charge is 0.121 e. The van der Waals surface area contributed by atoms with Crippen molar-refractivity contribution < 1.29 is 31.4 Å². The summed E-state index contributed by atoms with van der Waals surface area (Å²) in [6.45, 7) is 7.07. The van der Waals surface area contributed by atoms with Crippen LogP contribution in [0.15, 0.2) is 144 Å². The third-order valence-electron chi connectivity index (χ3n) is 9.38. The molecule has 0 saturated carbocycles. The Labute approximate surface area is 344 Å². The number of hydrogen-bond acceptors (Lipinski definition) is 3. The van der Waals surface area contributed by atoms with Gasteiger partial charge in [-0.2, -0.15) is 0 Å². The molecule has 3 aromatic heterocycles. The standard InChI is InChI=1S/C29H26NO.C21H17N2.Ir/c1-19-18-30-26(15-22(19)17-29(2,3)4)25-12-8-11-24-23-14-13-21(16-27(23)31-28(24)25)20-9-6-5-7-10-20;1-15-9-8-10-16(2)20(15)23-19-14-7-6-13-18(19)22-21(23)17-11-4-3-5-12-17;/h5-11,13-16,18H,17H2,1-4H3;3-11,13-14H,1-2H3;/q2*-1;/i1D3,17D2;;. The molecule has 0 spiro atoms. The molecule has 0 aliphatic rings. The Morgan fingerprint density at radius 2 is 1.51 bits per heavy atom. The van der Waals surface area contributed by atoms with Crippen LogP contribution in [-0.4, -0.2) is 14.5 Å². The zero-order valence-corrected chi connectivity index (χ0v) is 33.8. The molecular formula is C50H43IrN3O-2. The van der Waals surface area contributed by atoms with Gasteiger partial charge in [-0.25, -0.2) is 0 Å². The number of furan rings is 1. The first kappa shape index (κ1) is 31.7. The Morgan fingerprint density at radius 1 is 0.745 bits per heavy atom. The summed E-state index contributed by atoms with van der Waals surface area (Å²) in [7, 11) is 0. The van der Waals surface area contributed by atoms with Gasteiger partial charge in [0, 0.05) is 44.2 Å². The van der Waals surface area contributed by atoms with E-state index < -0.39 is 18.6 Å². The molecule has 0 bridgehead atoms.